The summed E-state index contributed by atoms with van der Waals surface area (Å²) < 4.78 is 10.3. The van der Waals surface area contributed by atoms with E-state index in [-0.39, 0.29) is 5.75 Å². The molecule has 3 aromatic rings. The second kappa shape index (κ2) is 15.0. The minimum atomic E-state index is 0.0914. The maximum atomic E-state index is 9.42. The van der Waals surface area contributed by atoms with Gasteiger partial charge in [-0.3, -0.25) is 0 Å². The number of rotatable bonds is 1. The molecule has 33 heavy (non-hydrogen) atoms. The van der Waals surface area contributed by atoms with Crippen molar-refractivity contribution in [1.82, 2.24) is 14.9 Å². The van der Waals surface area contributed by atoms with Crippen LogP contribution in [0.2, 0.25) is 15.1 Å². The number of nitrogens with zero attached hydrogens (tertiary/aromatic N) is 3. The van der Waals surface area contributed by atoms with E-state index in [4.69, 9.17) is 50.0 Å². The van der Waals surface area contributed by atoms with Crippen LogP contribution in [0, 0.1) is 0 Å². The topological polar surface area (TPSA) is 93.7 Å². The molecule has 1 aliphatic rings. The molecule has 1 atom stereocenters. The van der Waals surface area contributed by atoms with Crippen LogP contribution in [-0.4, -0.2) is 59.9 Å². The Morgan fingerprint density at radius 3 is 2.30 bits per heavy atom. The number of nitrogen functional groups attached to an aromatic ring is 1. The number of anilines is 1. The first kappa shape index (κ1) is 29.0. The number of fused-ring (bicyclic) bond motifs is 1. The van der Waals surface area contributed by atoms with Gasteiger partial charge in [0.15, 0.2) is 11.5 Å². The van der Waals surface area contributed by atoms with Gasteiger partial charge in [0.1, 0.15) is 6.33 Å². The molecule has 10 heteroatoms. The van der Waals surface area contributed by atoms with Crippen LogP contribution in [0.25, 0.3) is 10.9 Å². The minimum absolute atomic E-state index is 0.0914. The lowest BCUT2D eigenvalue weighted by atomic mass is 10.2. The van der Waals surface area contributed by atoms with E-state index in [1.807, 2.05) is 13.8 Å². The van der Waals surface area contributed by atoms with E-state index in [2.05, 4.69) is 28.8 Å². The van der Waals surface area contributed by atoms with Crippen LogP contribution in [0.1, 0.15) is 20.8 Å². The number of aromatic nitrogens is 2. The first-order valence-electron chi connectivity index (χ1n) is 10.4. The van der Waals surface area contributed by atoms with Gasteiger partial charge in [0.25, 0.3) is 0 Å². The maximum Gasteiger partial charge on any atom is 0.161 e. The fourth-order valence-electron chi connectivity index (χ4n) is 2.73. The summed E-state index contributed by atoms with van der Waals surface area (Å²) in [6, 6.07) is 6.35. The summed E-state index contributed by atoms with van der Waals surface area (Å²) in [6.45, 7) is 9.18. The molecule has 182 valence electrons. The number of likely N-dealkylation sites (N-methyl/N-ethyl adjacent to an activating group) is 1. The molecule has 1 aromatic heterocycles. The lowest BCUT2D eigenvalue weighted by molar-refractivity contribution is -0.00861. The summed E-state index contributed by atoms with van der Waals surface area (Å²) in [5.41, 5.74) is 6.62. The normalized spacial score (nSPS) is 15.2. The number of benzene rings is 2. The van der Waals surface area contributed by atoms with Crippen molar-refractivity contribution in [3.63, 3.8) is 0 Å². The first-order chi connectivity index (χ1) is 15.7. The van der Waals surface area contributed by atoms with Crippen LogP contribution in [0.4, 0.5) is 5.69 Å². The number of ether oxygens (including phenoxy) is 2. The number of hydrogen-bond acceptors (Lipinski definition) is 7. The fourth-order valence-corrected chi connectivity index (χ4v) is 3.34. The largest absolute Gasteiger partial charge is 0.504 e. The number of nitrogens with two attached hydrogens (primary N) is 1. The van der Waals surface area contributed by atoms with E-state index in [0.29, 0.717) is 38.1 Å². The molecular weight excluding hydrogens is 487 g/mol. The summed E-state index contributed by atoms with van der Waals surface area (Å²) in [5, 5.41) is 11.4. The summed E-state index contributed by atoms with van der Waals surface area (Å²) in [6.07, 6.45) is 3.55. The van der Waals surface area contributed by atoms with Crippen molar-refractivity contribution in [3.8, 4) is 11.5 Å². The van der Waals surface area contributed by atoms with Gasteiger partial charge in [-0.05, 0) is 32.2 Å². The molecule has 0 amide bonds. The van der Waals surface area contributed by atoms with Crippen molar-refractivity contribution >= 4 is 51.4 Å². The Bertz CT molecular complexity index is 977. The highest BCUT2D eigenvalue weighted by molar-refractivity contribution is 6.48. The number of hydrogen-bond donors (Lipinski definition) is 2. The quantitative estimate of drug-likeness (QED) is 0.305. The molecule has 0 spiro atoms. The highest BCUT2D eigenvalue weighted by Crippen LogP contribution is 2.32. The molecule has 1 fully saturated rings. The third-order valence-electron chi connectivity index (χ3n) is 4.26. The third kappa shape index (κ3) is 9.78. The summed E-state index contributed by atoms with van der Waals surface area (Å²) in [7, 11) is 3.63. The smallest absolute Gasteiger partial charge is 0.161 e. The summed E-state index contributed by atoms with van der Waals surface area (Å²) in [5.74, 6) is 0.524. The van der Waals surface area contributed by atoms with Gasteiger partial charge >= 0.3 is 0 Å². The monoisotopic (exact) mass is 516 g/mol. The number of phenolic OH excluding ortho intramolecular Hbond substituents is 1. The number of morpholine rings is 1. The van der Waals surface area contributed by atoms with Crippen molar-refractivity contribution in [2.75, 3.05) is 39.6 Å². The zero-order valence-electron chi connectivity index (χ0n) is 19.5. The molecule has 0 radical (unpaired) electrons. The van der Waals surface area contributed by atoms with Crippen LogP contribution >= 0.6 is 34.8 Å². The van der Waals surface area contributed by atoms with E-state index >= 15 is 0 Å². The number of phenols is 1. The Hall–Kier alpha value is -2.03. The van der Waals surface area contributed by atoms with E-state index in [9.17, 15) is 5.11 Å². The van der Waals surface area contributed by atoms with Gasteiger partial charge in [-0.25, -0.2) is 9.97 Å². The van der Waals surface area contributed by atoms with Crippen molar-refractivity contribution in [2.24, 2.45) is 0 Å². The van der Waals surface area contributed by atoms with Gasteiger partial charge in [-0.1, -0.05) is 48.7 Å². The van der Waals surface area contributed by atoms with Crippen LogP contribution in [0.3, 0.4) is 0 Å². The van der Waals surface area contributed by atoms with E-state index in [1.165, 1.54) is 13.4 Å². The summed E-state index contributed by atoms with van der Waals surface area (Å²) in [4.78, 5) is 10.1. The van der Waals surface area contributed by atoms with Gasteiger partial charge in [-0.2, -0.15) is 0 Å². The molecular formula is C23H31Cl3N4O3. The highest BCUT2D eigenvalue weighted by Gasteiger charge is 2.11. The van der Waals surface area contributed by atoms with Crippen molar-refractivity contribution in [1.29, 1.82) is 0 Å². The van der Waals surface area contributed by atoms with Crippen molar-refractivity contribution < 1.29 is 14.6 Å². The SMILES string of the molecule is CC.CC1CN(C)CCO1.COc1cc2cncnc2cc1O.Nc1cc(Cl)c(Cl)c(Cl)c1. The average Bonchev–Trinajstić information content (AvgIpc) is 2.79. The fraction of sp³-hybridized carbons (Fsp3) is 0.391. The number of aromatic hydroxyl groups is 1. The number of methoxy groups -OCH3 is 1. The molecule has 0 aliphatic carbocycles. The Labute approximate surface area is 210 Å². The van der Waals surface area contributed by atoms with Gasteiger partial charge in [0.2, 0.25) is 0 Å². The second-order valence-corrected chi connectivity index (χ2v) is 8.04. The average molecular weight is 518 g/mol. The van der Waals surface area contributed by atoms with Crippen LogP contribution < -0.4 is 10.5 Å². The first-order valence-corrected chi connectivity index (χ1v) is 11.5. The lowest BCUT2D eigenvalue weighted by Crippen LogP contribution is -2.38. The number of halogens is 3. The highest BCUT2D eigenvalue weighted by atomic mass is 35.5. The predicted molar refractivity (Wildman–Crippen MR) is 138 cm³/mol. The Morgan fingerprint density at radius 2 is 1.79 bits per heavy atom. The Morgan fingerprint density at radius 1 is 1.15 bits per heavy atom. The lowest BCUT2D eigenvalue weighted by Gasteiger charge is -2.27. The third-order valence-corrected chi connectivity index (χ3v) is 5.45. The van der Waals surface area contributed by atoms with E-state index < -0.39 is 0 Å². The van der Waals surface area contributed by atoms with Gasteiger partial charge < -0.3 is 25.2 Å². The van der Waals surface area contributed by atoms with Gasteiger partial charge in [-0.15, -0.1) is 0 Å². The van der Waals surface area contributed by atoms with Gasteiger partial charge in [0, 0.05) is 36.4 Å². The zero-order valence-corrected chi connectivity index (χ0v) is 21.7. The molecule has 1 unspecified atom stereocenters. The van der Waals surface area contributed by atoms with Crippen LogP contribution in [-0.2, 0) is 4.74 Å². The molecule has 2 aromatic carbocycles. The maximum absolute atomic E-state index is 9.42. The molecule has 1 saturated heterocycles. The van der Waals surface area contributed by atoms with Crippen LogP contribution in [0.5, 0.6) is 11.5 Å². The van der Waals surface area contributed by atoms with E-state index in [1.54, 1.807) is 30.5 Å². The predicted octanol–water partition coefficient (Wildman–Crippen LogP) is 5.94. The second-order valence-electron chi connectivity index (χ2n) is 6.85. The molecule has 3 N–H and O–H groups in total. The van der Waals surface area contributed by atoms with Crippen LogP contribution in [0.15, 0.2) is 36.8 Å². The van der Waals surface area contributed by atoms with Crippen molar-refractivity contribution in [2.45, 2.75) is 26.9 Å². The Kier molecular flexibility index (Phi) is 13.2. The van der Waals surface area contributed by atoms with Crippen molar-refractivity contribution in [3.05, 3.63) is 51.9 Å². The molecule has 7 nitrogen and oxygen atoms in total. The Balaban J connectivity index is 0.000000245. The molecule has 0 saturated carbocycles. The summed E-state index contributed by atoms with van der Waals surface area (Å²) >= 11 is 16.9. The molecule has 2 heterocycles. The zero-order chi connectivity index (χ0) is 25.0. The molecule has 0 bridgehead atoms. The molecule has 1 aliphatic heterocycles. The minimum Gasteiger partial charge on any atom is -0.504 e. The molecule has 4 rings (SSSR count). The van der Waals surface area contributed by atoms with E-state index in [0.717, 1.165) is 25.1 Å². The van der Waals surface area contributed by atoms with Gasteiger partial charge in [0.05, 0.1) is 40.4 Å². The standard InChI is InChI=1S/C9H8N2O2.C6H4Cl3N.C6H13NO.C2H6/c1-13-9-2-6-4-10-5-11-7(6)3-8(9)12;7-4-1-3(10)2-5(8)6(4)9;1-6-5-7(2)3-4-8-6;1-2/h2-5,12H,1H3;1-2H,10H2;6H,3-5H2,1-2H3;1-2H3.